The molecule has 0 bridgehead atoms. The number of aliphatic hydroxyl groups excluding tert-OH is 1. The van der Waals surface area contributed by atoms with Gasteiger partial charge in [0.2, 0.25) is 0 Å². The Bertz CT molecular complexity index is 559. The van der Waals surface area contributed by atoms with Crippen molar-refractivity contribution >= 4 is 11.9 Å². The van der Waals surface area contributed by atoms with E-state index in [4.69, 9.17) is 9.84 Å². The van der Waals surface area contributed by atoms with Crippen LogP contribution in [-0.2, 0) is 9.47 Å². The minimum atomic E-state index is -3.14. The van der Waals surface area contributed by atoms with Crippen LogP contribution in [0.2, 0.25) is 0 Å². The normalized spacial score (nSPS) is 11.0. The van der Waals surface area contributed by atoms with Crippen LogP contribution < -0.4 is 4.74 Å². The van der Waals surface area contributed by atoms with Gasteiger partial charge >= 0.3 is 11.9 Å². The Labute approximate surface area is 132 Å². The first kappa shape index (κ1) is 18.8. The number of methoxy groups -OCH3 is 2. The molecule has 128 valence electrons. The Hall–Kier alpha value is -2.22. The Balaban J connectivity index is 2.78. The lowest BCUT2D eigenvalue weighted by molar-refractivity contribution is -0.0592. The lowest BCUT2D eigenvalue weighted by atomic mass is 10.1. The molecule has 1 aromatic carbocycles. The highest BCUT2D eigenvalue weighted by Gasteiger charge is 2.26. The number of carbonyl (C=O) groups is 2. The third-order valence-corrected chi connectivity index (χ3v) is 2.99. The van der Waals surface area contributed by atoms with Crippen LogP contribution >= 0.6 is 0 Å². The van der Waals surface area contributed by atoms with Crippen molar-refractivity contribution in [2.75, 3.05) is 27.4 Å². The average molecular weight is 332 g/mol. The van der Waals surface area contributed by atoms with Crippen molar-refractivity contribution < 1.29 is 37.7 Å². The van der Waals surface area contributed by atoms with Crippen molar-refractivity contribution in [1.82, 2.24) is 0 Å². The maximum absolute atomic E-state index is 12.9. The van der Waals surface area contributed by atoms with Crippen LogP contribution in [0, 0.1) is 0 Å². The van der Waals surface area contributed by atoms with Crippen LogP contribution in [0.15, 0.2) is 18.2 Å². The van der Waals surface area contributed by atoms with Crippen LogP contribution in [0.1, 0.15) is 33.6 Å². The number of benzene rings is 1. The molecular weight excluding hydrogens is 314 g/mol. The van der Waals surface area contributed by atoms with Crippen molar-refractivity contribution in [2.45, 2.75) is 18.8 Å². The second-order valence-corrected chi connectivity index (χ2v) is 4.66. The SMILES string of the molecule is COC(=O)c1ccc(OCCCC(F)(F)CO)cc1C(=O)OC. The predicted molar refractivity (Wildman–Crippen MR) is 75.9 cm³/mol. The molecule has 1 aromatic rings. The zero-order chi connectivity index (χ0) is 17.5. The number of esters is 2. The monoisotopic (exact) mass is 332 g/mol. The van der Waals surface area contributed by atoms with E-state index in [2.05, 4.69) is 9.47 Å². The van der Waals surface area contributed by atoms with Gasteiger partial charge in [-0.1, -0.05) is 0 Å². The molecule has 0 saturated carbocycles. The summed E-state index contributed by atoms with van der Waals surface area (Å²) in [7, 11) is 2.34. The Morgan fingerprint density at radius 3 is 2.30 bits per heavy atom. The van der Waals surface area contributed by atoms with Crippen LogP contribution in [0.3, 0.4) is 0 Å². The highest BCUT2D eigenvalue weighted by Crippen LogP contribution is 2.22. The summed E-state index contributed by atoms with van der Waals surface area (Å²) in [6.07, 6.45) is -0.506. The topological polar surface area (TPSA) is 82.1 Å². The molecule has 0 aliphatic carbocycles. The van der Waals surface area contributed by atoms with Crippen molar-refractivity contribution in [3.63, 3.8) is 0 Å². The van der Waals surface area contributed by atoms with E-state index in [1.54, 1.807) is 0 Å². The van der Waals surface area contributed by atoms with Gasteiger partial charge in [-0.05, 0) is 24.6 Å². The molecule has 0 saturated heterocycles. The standard InChI is InChI=1S/C15H18F2O6/c1-21-13(19)11-5-4-10(8-12(11)14(20)22-2)23-7-3-6-15(16,17)9-18/h4-5,8,18H,3,6-7,9H2,1-2H3. The quantitative estimate of drug-likeness (QED) is 0.579. The molecule has 1 rings (SSSR count). The summed E-state index contributed by atoms with van der Waals surface area (Å²) in [4.78, 5) is 23.3. The molecule has 0 heterocycles. The predicted octanol–water partition coefficient (Wildman–Crippen LogP) is 2.05. The van der Waals surface area contributed by atoms with Gasteiger partial charge in [-0.2, -0.15) is 0 Å². The molecule has 0 fully saturated rings. The number of ether oxygens (including phenoxy) is 3. The van der Waals surface area contributed by atoms with Gasteiger partial charge in [0, 0.05) is 6.42 Å². The van der Waals surface area contributed by atoms with E-state index in [-0.39, 0.29) is 29.9 Å². The maximum Gasteiger partial charge on any atom is 0.338 e. The van der Waals surface area contributed by atoms with Crippen LogP contribution in [0.5, 0.6) is 5.75 Å². The lowest BCUT2D eigenvalue weighted by Gasteiger charge is -2.14. The van der Waals surface area contributed by atoms with E-state index in [1.807, 2.05) is 0 Å². The highest BCUT2D eigenvalue weighted by molar-refractivity contribution is 6.03. The Morgan fingerprint density at radius 1 is 1.13 bits per heavy atom. The number of hydrogen-bond acceptors (Lipinski definition) is 6. The molecule has 0 aliphatic heterocycles. The second-order valence-electron chi connectivity index (χ2n) is 4.66. The first-order valence-corrected chi connectivity index (χ1v) is 6.77. The van der Waals surface area contributed by atoms with Gasteiger partial charge in [-0.3, -0.25) is 0 Å². The first-order valence-electron chi connectivity index (χ1n) is 6.77. The molecule has 0 atom stereocenters. The molecule has 0 radical (unpaired) electrons. The third-order valence-electron chi connectivity index (χ3n) is 2.99. The van der Waals surface area contributed by atoms with Gasteiger partial charge in [0.05, 0.1) is 32.0 Å². The summed E-state index contributed by atoms with van der Waals surface area (Å²) >= 11 is 0. The first-order chi connectivity index (χ1) is 10.8. The van der Waals surface area contributed by atoms with Crippen molar-refractivity contribution in [3.05, 3.63) is 29.3 Å². The second kappa shape index (κ2) is 8.42. The lowest BCUT2D eigenvalue weighted by Crippen LogP contribution is -2.22. The van der Waals surface area contributed by atoms with E-state index in [9.17, 15) is 18.4 Å². The molecule has 8 heteroatoms. The van der Waals surface area contributed by atoms with E-state index < -0.39 is 30.9 Å². The molecule has 6 nitrogen and oxygen atoms in total. The number of rotatable bonds is 8. The van der Waals surface area contributed by atoms with E-state index in [0.29, 0.717) is 0 Å². The van der Waals surface area contributed by atoms with Crippen molar-refractivity contribution in [3.8, 4) is 5.75 Å². The average Bonchev–Trinajstić information content (AvgIpc) is 2.57. The fourth-order valence-electron chi connectivity index (χ4n) is 1.78. The smallest absolute Gasteiger partial charge is 0.338 e. The molecule has 23 heavy (non-hydrogen) atoms. The van der Waals surface area contributed by atoms with Crippen LogP contribution in [0.25, 0.3) is 0 Å². The minimum Gasteiger partial charge on any atom is -0.494 e. The van der Waals surface area contributed by atoms with Gasteiger partial charge in [-0.25, -0.2) is 18.4 Å². The summed E-state index contributed by atoms with van der Waals surface area (Å²) < 4.78 is 40.1. The van der Waals surface area contributed by atoms with Crippen molar-refractivity contribution in [2.24, 2.45) is 0 Å². The number of halogens is 2. The molecule has 0 spiro atoms. The largest absolute Gasteiger partial charge is 0.494 e. The van der Waals surface area contributed by atoms with Gasteiger partial charge in [0.15, 0.2) is 0 Å². The fourth-order valence-corrected chi connectivity index (χ4v) is 1.78. The van der Waals surface area contributed by atoms with Gasteiger partial charge in [0.25, 0.3) is 5.92 Å². The van der Waals surface area contributed by atoms with Gasteiger partial charge in [-0.15, -0.1) is 0 Å². The summed E-state index contributed by atoms with van der Waals surface area (Å²) in [6.45, 7) is -1.25. The Morgan fingerprint density at radius 2 is 1.74 bits per heavy atom. The molecule has 1 N–H and O–H groups in total. The molecule has 0 amide bonds. The van der Waals surface area contributed by atoms with Gasteiger partial charge in [0.1, 0.15) is 12.4 Å². The summed E-state index contributed by atoms with van der Waals surface area (Å²) in [5.74, 6) is -4.37. The van der Waals surface area contributed by atoms with Crippen molar-refractivity contribution in [1.29, 1.82) is 0 Å². The van der Waals surface area contributed by atoms with Crippen LogP contribution in [-0.4, -0.2) is 50.4 Å². The highest BCUT2D eigenvalue weighted by atomic mass is 19.3. The summed E-state index contributed by atoms with van der Waals surface area (Å²) in [5.41, 5.74) is -0.0314. The Kier molecular flexibility index (Phi) is 6.89. The van der Waals surface area contributed by atoms with E-state index >= 15 is 0 Å². The molecule has 0 aromatic heterocycles. The van der Waals surface area contributed by atoms with Crippen LogP contribution in [0.4, 0.5) is 8.78 Å². The summed E-state index contributed by atoms with van der Waals surface area (Å²) in [6, 6.07) is 4.03. The minimum absolute atomic E-state index is 0.0125. The number of aliphatic hydroxyl groups is 1. The summed E-state index contributed by atoms with van der Waals surface area (Å²) in [5, 5.41) is 8.45. The maximum atomic E-state index is 12.9. The van der Waals surface area contributed by atoms with Gasteiger partial charge < -0.3 is 19.3 Å². The molecule has 0 unspecified atom stereocenters. The molecule has 0 aliphatic rings. The zero-order valence-corrected chi connectivity index (χ0v) is 12.8. The number of carbonyl (C=O) groups excluding carboxylic acids is 2. The number of alkyl halides is 2. The van der Waals surface area contributed by atoms with E-state index in [1.165, 1.54) is 25.3 Å². The third kappa shape index (κ3) is 5.48. The van der Waals surface area contributed by atoms with E-state index in [0.717, 1.165) is 7.11 Å². The fraction of sp³-hybridized carbons (Fsp3) is 0.467. The number of hydrogen-bond donors (Lipinski definition) is 1. The zero-order valence-electron chi connectivity index (χ0n) is 12.8. The molecular formula is C15H18F2O6.